The SMILES string of the molecule is N#Cc1nccn1CC1CCOC1. The van der Waals surface area contributed by atoms with E-state index in [1.54, 1.807) is 6.20 Å². The van der Waals surface area contributed by atoms with Crippen LogP contribution in [0.2, 0.25) is 0 Å². The van der Waals surface area contributed by atoms with Crippen molar-refractivity contribution < 1.29 is 4.74 Å². The smallest absolute Gasteiger partial charge is 0.212 e. The molecular weight excluding hydrogens is 166 g/mol. The molecule has 2 heterocycles. The summed E-state index contributed by atoms with van der Waals surface area (Å²) in [6, 6.07) is 2.06. The molecule has 1 saturated heterocycles. The Labute approximate surface area is 76.8 Å². The fourth-order valence-corrected chi connectivity index (χ4v) is 1.58. The Morgan fingerprint density at radius 3 is 3.38 bits per heavy atom. The molecule has 0 saturated carbocycles. The summed E-state index contributed by atoms with van der Waals surface area (Å²) in [5, 5.41) is 8.72. The van der Waals surface area contributed by atoms with Gasteiger partial charge in [0.1, 0.15) is 6.07 Å². The quantitative estimate of drug-likeness (QED) is 0.671. The molecule has 1 aliphatic heterocycles. The summed E-state index contributed by atoms with van der Waals surface area (Å²) in [6.07, 6.45) is 4.59. The third-order valence-corrected chi connectivity index (χ3v) is 2.29. The van der Waals surface area contributed by atoms with Crippen molar-refractivity contribution in [2.24, 2.45) is 5.92 Å². The fraction of sp³-hybridized carbons (Fsp3) is 0.556. The first-order valence-electron chi connectivity index (χ1n) is 4.39. The third kappa shape index (κ3) is 1.70. The molecule has 0 aliphatic carbocycles. The van der Waals surface area contributed by atoms with Gasteiger partial charge in [-0.3, -0.25) is 0 Å². The highest BCUT2D eigenvalue weighted by Gasteiger charge is 2.16. The van der Waals surface area contributed by atoms with Gasteiger partial charge in [-0.15, -0.1) is 0 Å². The molecule has 0 spiro atoms. The Balaban J connectivity index is 2.04. The molecule has 0 amide bonds. The Kier molecular flexibility index (Phi) is 2.28. The maximum atomic E-state index is 8.72. The van der Waals surface area contributed by atoms with Gasteiger partial charge in [-0.05, 0) is 6.42 Å². The van der Waals surface area contributed by atoms with E-state index in [1.807, 2.05) is 10.8 Å². The van der Waals surface area contributed by atoms with E-state index in [2.05, 4.69) is 11.1 Å². The second-order valence-corrected chi connectivity index (χ2v) is 3.24. The lowest BCUT2D eigenvalue weighted by atomic mass is 10.1. The molecule has 1 aromatic rings. The van der Waals surface area contributed by atoms with Crippen LogP contribution in [0.15, 0.2) is 12.4 Å². The average molecular weight is 177 g/mol. The van der Waals surface area contributed by atoms with Crippen molar-refractivity contribution in [3.63, 3.8) is 0 Å². The molecule has 4 heteroatoms. The monoisotopic (exact) mass is 177 g/mol. The molecule has 0 radical (unpaired) electrons. The molecule has 1 aromatic heterocycles. The van der Waals surface area contributed by atoms with Gasteiger partial charge >= 0.3 is 0 Å². The highest BCUT2D eigenvalue weighted by Crippen LogP contribution is 2.15. The largest absolute Gasteiger partial charge is 0.381 e. The number of nitriles is 1. The first-order valence-corrected chi connectivity index (χ1v) is 4.39. The van der Waals surface area contributed by atoms with Crippen molar-refractivity contribution in [3.05, 3.63) is 18.2 Å². The molecule has 68 valence electrons. The minimum Gasteiger partial charge on any atom is -0.381 e. The summed E-state index contributed by atoms with van der Waals surface area (Å²) < 4.78 is 7.15. The van der Waals surface area contributed by atoms with Crippen molar-refractivity contribution >= 4 is 0 Å². The van der Waals surface area contributed by atoms with Gasteiger partial charge in [-0.2, -0.15) is 5.26 Å². The number of ether oxygens (including phenoxy) is 1. The zero-order chi connectivity index (χ0) is 9.10. The van der Waals surface area contributed by atoms with Gasteiger partial charge in [0.2, 0.25) is 5.82 Å². The van der Waals surface area contributed by atoms with E-state index >= 15 is 0 Å². The fourth-order valence-electron chi connectivity index (χ4n) is 1.58. The third-order valence-electron chi connectivity index (χ3n) is 2.29. The van der Waals surface area contributed by atoms with E-state index in [1.165, 1.54) is 0 Å². The van der Waals surface area contributed by atoms with Crippen LogP contribution in [-0.4, -0.2) is 22.8 Å². The number of aromatic nitrogens is 2. The molecule has 1 unspecified atom stereocenters. The van der Waals surface area contributed by atoms with E-state index in [-0.39, 0.29) is 0 Å². The van der Waals surface area contributed by atoms with Crippen molar-refractivity contribution in [1.29, 1.82) is 5.26 Å². The van der Waals surface area contributed by atoms with E-state index in [9.17, 15) is 0 Å². The second kappa shape index (κ2) is 3.58. The first kappa shape index (κ1) is 8.27. The summed E-state index contributed by atoms with van der Waals surface area (Å²) in [5.41, 5.74) is 0. The van der Waals surface area contributed by atoms with Crippen LogP contribution >= 0.6 is 0 Å². The minimum absolute atomic E-state index is 0.493. The minimum atomic E-state index is 0.493. The molecule has 4 nitrogen and oxygen atoms in total. The van der Waals surface area contributed by atoms with Crippen molar-refractivity contribution in [1.82, 2.24) is 9.55 Å². The summed E-state index contributed by atoms with van der Waals surface area (Å²) in [7, 11) is 0. The number of imidazole rings is 1. The Hall–Kier alpha value is -1.34. The summed E-state index contributed by atoms with van der Waals surface area (Å²) in [4.78, 5) is 3.94. The molecular formula is C9H11N3O. The van der Waals surface area contributed by atoms with E-state index in [4.69, 9.17) is 10.00 Å². The van der Waals surface area contributed by atoms with Gasteiger partial charge in [0.25, 0.3) is 0 Å². The zero-order valence-electron chi connectivity index (χ0n) is 7.31. The van der Waals surface area contributed by atoms with Gasteiger partial charge in [-0.1, -0.05) is 0 Å². The lowest BCUT2D eigenvalue weighted by molar-refractivity contribution is 0.182. The topological polar surface area (TPSA) is 50.8 Å². The van der Waals surface area contributed by atoms with Crippen LogP contribution in [0.1, 0.15) is 12.2 Å². The Morgan fingerprint density at radius 1 is 1.77 bits per heavy atom. The lowest BCUT2D eigenvalue weighted by Gasteiger charge is -2.08. The van der Waals surface area contributed by atoms with Gasteiger partial charge < -0.3 is 9.30 Å². The van der Waals surface area contributed by atoms with Crippen LogP contribution in [0.3, 0.4) is 0 Å². The van der Waals surface area contributed by atoms with Crippen molar-refractivity contribution in [2.75, 3.05) is 13.2 Å². The van der Waals surface area contributed by atoms with Crippen LogP contribution in [0, 0.1) is 17.2 Å². The lowest BCUT2D eigenvalue weighted by Crippen LogP contribution is -2.11. The van der Waals surface area contributed by atoms with E-state index in [0.717, 1.165) is 26.2 Å². The molecule has 1 atom stereocenters. The number of hydrogen-bond acceptors (Lipinski definition) is 3. The van der Waals surface area contributed by atoms with Gasteiger partial charge in [0.15, 0.2) is 0 Å². The predicted molar refractivity (Wildman–Crippen MR) is 45.9 cm³/mol. The van der Waals surface area contributed by atoms with Gasteiger partial charge in [0.05, 0.1) is 6.61 Å². The summed E-state index contributed by atoms with van der Waals surface area (Å²) in [6.45, 7) is 2.51. The zero-order valence-corrected chi connectivity index (χ0v) is 7.31. The summed E-state index contributed by atoms with van der Waals surface area (Å²) >= 11 is 0. The normalized spacial score (nSPS) is 21.6. The van der Waals surface area contributed by atoms with Crippen LogP contribution in [0.25, 0.3) is 0 Å². The number of rotatable bonds is 2. The van der Waals surface area contributed by atoms with Crippen LogP contribution in [0.4, 0.5) is 0 Å². The molecule has 0 aromatic carbocycles. The molecule has 0 N–H and O–H groups in total. The first-order chi connectivity index (χ1) is 6.40. The maximum Gasteiger partial charge on any atom is 0.212 e. The molecule has 1 aliphatic rings. The standard InChI is InChI=1S/C9H11N3O/c10-5-9-11-2-3-12(9)6-8-1-4-13-7-8/h2-3,8H,1,4,6-7H2. The second-order valence-electron chi connectivity index (χ2n) is 3.24. The summed E-state index contributed by atoms with van der Waals surface area (Å²) in [5.74, 6) is 1.04. The Bertz CT molecular complexity index is 320. The van der Waals surface area contributed by atoms with Gasteiger partial charge in [-0.25, -0.2) is 4.98 Å². The molecule has 0 bridgehead atoms. The highest BCUT2D eigenvalue weighted by molar-refractivity contribution is 5.11. The number of nitrogens with zero attached hydrogens (tertiary/aromatic N) is 3. The van der Waals surface area contributed by atoms with Crippen LogP contribution in [-0.2, 0) is 11.3 Å². The predicted octanol–water partition coefficient (Wildman–Crippen LogP) is 0.791. The van der Waals surface area contributed by atoms with Crippen LogP contribution < -0.4 is 0 Å². The Morgan fingerprint density at radius 2 is 2.69 bits per heavy atom. The van der Waals surface area contributed by atoms with Crippen LogP contribution in [0.5, 0.6) is 0 Å². The molecule has 1 fully saturated rings. The van der Waals surface area contributed by atoms with Gasteiger partial charge in [0, 0.05) is 31.5 Å². The maximum absolute atomic E-state index is 8.72. The highest BCUT2D eigenvalue weighted by atomic mass is 16.5. The van der Waals surface area contributed by atoms with E-state index < -0.39 is 0 Å². The number of hydrogen-bond donors (Lipinski definition) is 0. The van der Waals surface area contributed by atoms with Crippen molar-refractivity contribution in [2.45, 2.75) is 13.0 Å². The molecule has 2 rings (SSSR count). The van der Waals surface area contributed by atoms with E-state index in [0.29, 0.717) is 11.7 Å². The van der Waals surface area contributed by atoms with Crippen molar-refractivity contribution in [3.8, 4) is 6.07 Å². The average Bonchev–Trinajstić information content (AvgIpc) is 2.76. The molecule has 13 heavy (non-hydrogen) atoms.